The molecule has 5 aromatic rings. The van der Waals surface area contributed by atoms with Crippen LogP contribution in [0.2, 0.25) is 0 Å². The summed E-state index contributed by atoms with van der Waals surface area (Å²) in [6, 6.07) is 19.2. The molecule has 0 aliphatic rings. The minimum absolute atomic E-state index is 0.587. The first-order chi connectivity index (χ1) is 12.7. The van der Waals surface area contributed by atoms with Crippen molar-refractivity contribution < 1.29 is 0 Å². The average molecular weight is 340 g/mol. The first-order valence-corrected chi connectivity index (χ1v) is 9.04. The van der Waals surface area contributed by atoms with Crippen molar-refractivity contribution >= 4 is 32.7 Å². The van der Waals surface area contributed by atoms with Gasteiger partial charge in [0, 0.05) is 28.7 Å². The number of nitrogens with one attached hydrogen (secondary N) is 1. The van der Waals surface area contributed by atoms with Gasteiger partial charge < -0.3 is 0 Å². The lowest BCUT2D eigenvalue weighted by Gasteiger charge is -2.03. The molecular weight excluding hydrogens is 320 g/mol. The topological polar surface area (TPSA) is 46.5 Å². The molecule has 3 heterocycles. The van der Waals surface area contributed by atoms with Crippen molar-refractivity contribution in [3.05, 3.63) is 66.5 Å². The van der Waals surface area contributed by atoms with Crippen LogP contribution in [0.1, 0.15) is 19.5 Å². The van der Waals surface area contributed by atoms with Gasteiger partial charge in [0.25, 0.3) is 0 Å². The number of fused-ring (bicyclic) bond motifs is 5. The van der Waals surface area contributed by atoms with Crippen molar-refractivity contribution in [2.24, 2.45) is 5.92 Å². The third kappa shape index (κ3) is 2.22. The van der Waals surface area contributed by atoms with Gasteiger partial charge >= 0.3 is 0 Å². The number of H-pyrrole nitrogens is 1. The summed E-state index contributed by atoms with van der Waals surface area (Å²) in [7, 11) is 0. The Morgan fingerprint density at radius 3 is 2.73 bits per heavy atom. The van der Waals surface area contributed by atoms with E-state index >= 15 is 0 Å². The average Bonchev–Trinajstić information content (AvgIpc) is 3.23. The number of nitrogens with zero attached hydrogens (tertiary/aromatic N) is 3. The van der Waals surface area contributed by atoms with Crippen LogP contribution in [0.5, 0.6) is 0 Å². The van der Waals surface area contributed by atoms with Crippen molar-refractivity contribution in [1.82, 2.24) is 19.7 Å². The van der Waals surface area contributed by atoms with Crippen molar-refractivity contribution in [1.29, 1.82) is 0 Å². The summed E-state index contributed by atoms with van der Waals surface area (Å²) in [6.45, 7) is 4.43. The highest BCUT2D eigenvalue weighted by molar-refractivity contribution is 6.20. The van der Waals surface area contributed by atoms with Crippen LogP contribution in [0.25, 0.3) is 38.5 Å². The number of hydrogen-bond donors (Lipinski definition) is 1. The highest BCUT2D eigenvalue weighted by Crippen LogP contribution is 2.35. The molecule has 0 spiro atoms. The molecular formula is C22H20N4. The molecule has 0 saturated carbocycles. The van der Waals surface area contributed by atoms with Gasteiger partial charge in [0.2, 0.25) is 0 Å². The molecule has 0 amide bonds. The molecule has 26 heavy (non-hydrogen) atoms. The smallest absolute Gasteiger partial charge is 0.160 e. The number of aromatic amines is 1. The third-order valence-electron chi connectivity index (χ3n) is 4.89. The number of hydrogen-bond acceptors (Lipinski definition) is 2. The second kappa shape index (κ2) is 5.70. The Balaban J connectivity index is 1.87. The van der Waals surface area contributed by atoms with E-state index in [1.807, 2.05) is 12.3 Å². The van der Waals surface area contributed by atoms with E-state index in [0.29, 0.717) is 5.92 Å². The van der Waals surface area contributed by atoms with Crippen LogP contribution in [-0.4, -0.2) is 19.7 Å². The lowest BCUT2D eigenvalue weighted by Crippen LogP contribution is -1.95. The Bertz CT molecular complexity index is 1240. The zero-order valence-corrected chi connectivity index (χ0v) is 14.9. The molecule has 3 aromatic heterocycles. The predicted molar refractivity (Wildman–Crippen MR) is 107 cm³/mol. The molecule has 0 saturated heterocycles. The van der Waals surface area contributed by atoms with Gasteiger partial charge in [-0.1, -0.05) is 44.2 Å². The molecule has 2 aromatic carbocycles. The number of benzene rings is 2. The SMILES string of the molecule is CC(C)Cc1cc(-n2c3ccc4ccccc4c3c3cccnc32)n[nH]1. The van der Waals surface area contributed by atoms with Crippen LogP contribution < -0.4 is 0 Å². The van der Waals surface area contributed by atoms with Crippen molar-refractivity contribution in [3.8, 4) is 5.82 Å². The normalized spacial score (nSPS) is 12.0. The van der Waals surface area contributed by atoms with Gasteiger partial charge in [-0.05, 0) is 41.3 Å². The summed E-state index contributed by atoms with van der Waals surface area (Å²) in [5.41, 5.74) is 3.24. The minimum atomic E-state index is 0.587. The fraction of sp³-hybridized carbons (Fsp3) is 0.182. The van der Waals surface area contributed by atoms with Crippen LogP contribution in [0, 0.1) is 5.92 Å². The maximum atomic E-state index is 4.68. The molecule has 128 valence electrons. The quantitative estimate of drug-likeness (QED) is 0.487. The molecule has 0 bridgehead atoms. The standard InChI is InChI=1S/C22H20N4/c1-14(2)12-16-13-20(25-24-16)26-19-10-9-15-6-3-4-7-17(15)21(19)18-8-5-11-23-22(18)26/h3-11,13-14H,12H2,1-2H3,(H,24,25). The van der Waals surface area contributed by atoms with Crippen LogP contribution >= 0.6 is 0 Å². The first kappa shape index (κ1) is 15.1. The van der Waals surface area contributed by atoms with Crippen LogP contribution in [-0.2, 0) is 6.42 Å². The highest BCUT2D eigenvalue weighted by Gasteiger charge is 2.17. The lowest BCUT2D eigenvalue weighted by atomic mass is 10.0. The molecule has 4 heteroatoms. The molecule has 4 nitrogen and oxygen atoms in total. The van der Waals surface area contributed by atoms with Gasteiger partial charge in [0.05, 0.1) is 5.52 Å². The molecule has 1 N–H and O–H groups in total. The number of aromatic nitrogens is 4. The van der Waals surface area contributed by atoms with Crippen LogP contribution in [0.4, 0.5) is 0 Å². The van der Waals surface area contributed by atoms with Gasteiger partial charge in [-0.15, -0.1) is 0 Å². The van der Waals surface area contributed by atoms with Crippen molar-refractivity contribution in [2.75, 3.05) is 0 Å². The molecule has 0 fully saturated rings. The van der Waals surface area contributed by atoms with Crippen LogP contribution in [0.3, 0.4) is 0 Å². The molecule has 0 aliphatic heterocycles. The summed E-state index contributed by atoms with van der Waals surface area (Å²) in [5, 5.41) is 12.7. The lowest BCUT2D eigenvalue weighted by molar-refractivity contribution is 0.633. The van der Waals surface area contributed by atoms with Gasteiger partial charge in [0.1, 0.15) is 5.65 Å². The Morgan fingerprint density at radius 2 is 1.85 bits per heavy atom. The van der Waals surface area contributed by atoms with Gasteiger partial charge in [-0.25, -0.2) is 4.98 Å². The second-order valence-corrected chi connectivity index (χ2v) is 7.24. The summed E-state index contributed by atoms with van der Waals surface area (Å²) in [5.74, 6) is 1.48. The summed E-state index contributed by atoms with van der Waals surface area (Å²) in [4.78, 5) is 4.68. The monoisotopic (exact) mass is 340 g/mol. The van der Waals surface area contributed by atoms with E-state index in [9.17, 15) is 0 Å². The van der Waals surface area contributed by atoms with E-state index in [0.717, 1.165) is 34.5 Å². The number of pyridine rings is 1. The molecule has 0 radical (unpaired) electrons. The Morgan fingerprint density at radius 1 is 1.00 bits per heavy atom. The second-order valence-electron chi connectivity index (χ2n) is 7.24. The van der Waals surface area contributed by atoms with Crippen LogP contribution in [0.15, 0.2) is 60.8 Å². The van der Waals surface area contributed by atoms with E-state index in [1.165, 1.54) is 16.2 Å². The van der Waals surface area contributed by atoms with Crippen molar-refractivity contribution in [2.45, 2.75) is 20.3 Å². The number of rotatable bonds is 3. The minimum Gasteiger partial charge on any atom is -0.280 e. The van der Waals surface area contributed by atoms with E-state index in [4.69, 9.17) is 0 Å². The fourth-order valence-electron chi connectivity index (χ4n) is 3.85. The zero-order chi connectivity index (χ0) is 17.7. The molecule has 0 unspecified atom stereocenters. The summed E-state index contributed by atoms with van der Waals surface area (Å²) in [6.07, 6.45) is 2.84. The van der Waals surface area contributed by atoms with E-state index in [2.05, 4.69) is 82.1 Å². The first-order valence-electron chi connectivity index (χ1n) is 9.04. The van der Waals surface area contributed by atoms with Gasteiger partial charge in [-0.2, -0.15) is 5.10 Å². The summed E-state index contributed by atoms with van der Waals surface area (Å²) >= 11 is 0. The highest BCUT2D eigenvalue weighted by atomic mass is 15.2. The largest absolute Gasteiger partial charge is 0.280 e. The van der Waals surface area contributed by atoms with Gasteiger partial charge in [-0.3, -0.25) is 9.67 Å². The molecule has 5 rings (SSSR count). The maximum absolute atomic E-state index is 4.68. The van der Waals surface area contributed by atoms with E-state index < -0.39 is 0 Å². The Kier molecular flexibility index (Phi) is 3.32. The molecule has 0 atom stereocenters. The fourth-order valence-corrected chi connectivity index (χ4v) is 3.85. The zero-order valence-electron chi connectivity index (χ0n) is 14.9. The third-order valence-corrected chi connectivity index (χ3v) is 4.89. The molecule has 0 aliphatic carbocycles. The summed E-state index contributed by atoms with van der Waals surface area (Å²) < 4.78 is 2.16. The Labute approximate surface area is 151 Å². The van der Waals surface area contributed by atoms with Crippen molar-refractivity contribution in [3.63, 3.8) is 0 Å². The van der Waals surface area contributed by atoms with E-state index in [-0.39, 0.29) is 0 Å². The predicted octanol–water partition coefficient (Wildman–Crippen LogP) is 5.25. The Hall–Kier alpha value is -3.14. The maximum Gasteiger partial charge on any atom is 0.160 e. The van der Waals surface area contributed by atoms with Gasteiger partial charge in [0.15, 0.2) is 5.82 Å². The van der Waals surface area contributed by atoms with E-state index in [1.54, 1.807) is 0 Å².